The van der Waals surface area contributed by atoms with Crippen molar-refractivity contribution in [1.29, 1.82) is 0 Å². The fraction of sp³-hybridized carbons (Fsp3) is 0.435. The maximum absolute atomic E-state index is 13.8. The number of hydrogen-bond donors (Lipinski definition) is 11. The first-order valence-corrected chi connectivity index (χ1v) is 21.7. The van der Waals surface area contributed by atoms with Crippen molar-refractivity contribution in [1.82, 2.24) is 9.80 Å². The Hall–Kier alpha value is -7.54. The molecule has 0 saturated heterocycles. The number of nitro benzene ring substituents is 1. The number of rotatable bonds is 7. The first-order chi connectivity index (χ1) is 32.4. The van der Waals surface area contributed by atoms with E-state index in [1.165, 1.54) is 23.9 Å². The Morgan fingerprint density at radius 2 is 1.00 bits per heavy atom. The fourth-order valence-electron chi connectivity index (χ4n) is 11.5. The van der Waals surface area contributed by atoms with Crippen LogP contribution in [0.1, 0.15) is 35.1 Å². The number of carbonyl (C=O) groups is 6. The summed E-state index contributed by atoms with van der Waals surface area (Å²) in [7, 11) is 12.9. The molecule has 0 aromatic heterocycles. The highest BCUT2D eigenvalue weighted by Gasteiger charge is 2.66. The first-order valence-electron chi connectivity index (χ1n) is 21.7. The molecule has 6 aliphatic rings. The minimum atomic E-state index is -2.77. The van der Waals surface area contributed by atoms with Gasteiger partial charge < -0.3 is 67.9 Å². The molecule has 14 N–H and O–H groups in total. The number of carbonyl (C=O) groups excluding carboxylic acids is 6. The van der Waals surface area contributed by atoms with Crippen LogP contribution in [0.15, 0.2) is 45.9 Å². The topological polar surface area (TPSA) is 398 Å². The fourth-order valence-corrected chi connectivity index (χ4v) is 11.5. The summed E-state index contributed by atoms with van der Waals surface area (Å²) in [5.41, 5.74) is 9.55. The number of likely N-dealkylation sites (N-methyl/N-ethyl adjacent to an activating group) is 2. The van der Waals surface area contributed by atoms with Crippen LogP contribution in [0.5, 0.6) is 11.5 Å². The number of anilines is 3. The molecule has 2 saturated carbocycles. The smallest absolute Gasteiger partial charge is 0.313 e. The molecule has 24 nitrogen and oxygen atoms in total. The van der Waals surface area contributed by atoms with Crippen molar-refractivity contribution in [2.24, 2.45) is 35.1 Å². The van der Waals surface area contributed by atoms with Crippen LogP contribution in [0.3, 0.4) is 0 Å². The SMILES string of the molecule is CN(C)c1cc(N)c(O)c2c1CC1CC3[C@H](N(C)C)C(=O)C(C(N)=O)=C(O)[C@@]3(O)C(=O)C1=C2O.CN(C)c1cc([N+](=O)[O-])c(O)c2c1CC1CC3[C@H](N(C)C)C(=O)C(C(N)=O)=C(O)[C@@]3(O)C(=O)C1=C2O. The van der Waals surface area contributed by atoms with Gasteiger partial charge in [0.05, 0.1) is 33.8 Å². The molecule has 8 atom stereocenters. The summed E-state index contributed by atoms with van der Waals surface area (Å²) in [4.78, 5) is 94.6. The lowest BCUT2D eigenvalue weighted by Crippen LogP contribution is -2.65. The van der Waals surface area contributed by atoms with Gasteiger partial charge in [0.1, 0.15) is 39.9 Å². The van der Waals surface area contributed by atoms with Crippen LogP contribution in [0.25, 0.3) is 11.5 Å². The zero-order chi connectivity index (χ0) is 52.4. The number of nitrogens with two attached hydrogens (primary N) is 3. The molecule has 4 unspecified atom stereocenters. The molecule has 0 radical (unpaired) electrons. The van der Waals surface area contributed by atoms with Crippen LogP contribution < -0.4 is 27.0 Å². The lowest BCUT2D eigenvalue weighted by molar-refractivity contribution is -0.385. The zero-order valence-electron chi connectivity index (χ0n) is 39.3. The number of benzene rings is 2. The summed E-state index contributed by atoms with van der Waals surface area (Å²) in [6.07, 6.45) is 0.198. The summed E-state index contributed by atoms with van der Waals surface area (Å²) in [5.74, 6) is -15.1. The summed E-state index contributed by atoms with van der Waals surface area (Å²) in [5, 5.41) is 100.0. The predicted octanol–water partition coefficient (Wildman–Crippen LogP) is -0.450. The van der Waals surface area contributed by atoms with Gasteiger partial charge in [0.2, 0.25) is 17.3 Å². The number of hydrogen-bond acceptors (Lipinski definition) is 21. The molecule has 2 aromatic carbocycles. The van der Waals surface area contributed by atoms with Gasteiger partial charge in [-0.1, -0.05) is 0 Å². The summed E-state index contributed by atoms with van der Waals surface area (Å²) in [6.45, 7) is 0. The van der Waals surface area contributed by atoms with Crippen molar-refractivity contribution < 1.29 is 74.5 Å². The number of fused-ring (bicyclic) bond motifs is 6. The van der Waals surface area contributed by atoms with Crippen molar-refractivity contribution in [2.45, 2.75) is 49.0 Å². The summed E-state index contributed by atoms with van der Waals surface area (Å²) in [6, 6.07) is 0.411. The van der Waals surface area contributed by atoms with Gasteiger partial charge in [-0.05, 0) is 82.9 Å². The molecule has 70 heavy (non-hydrogen) atoms. The van der Waals surface area contributed by atoms with Crippen LogP contribution in [-0.4, -0.2) is 170 Å². The maximum atomic E-state index is 13.8. The lowest BCUT2D eigenvalue weighted by Gasteiger charge is -2.50. The molecule has 6 aliphatic carbocycles. The van der Waals surface area contributed by atoms with Gasteiger partial charge in [0, 0.05) is 68.6 Å². The Morgan fingerprint density at radius 3 is 1.33 bits per heavy atom. The van der Waals surface area contributed by atoms with E-state index in [-0.39, 0.29) is 53.6 Å². The second-order valence-corrected chi connectivity index (χ2v) is 19.3. The van der Waals surface area contributed by atoms with Gasteiger partial charge in [0.15, 0.2) is 22.8 Å². The minimum absolute atomic E-state index is 0.0115. The van der Waals surface area contributed by atoms with E-state index in [0.717, 1.165) is 6.07 Å². The average molecular weight is 975 g/mol. The van der Waals surface area contributed by atoms with Crippen LogP contribution in [0, 0.1) is 33.8 Å². The van der Waals surface area contributed by atoms with Gasteiger partial charge >= 0.3 is 5.69 Å². The number of aliphatic hydroxyl groups excluding tert-OH is 4. The largest absolute Gasteiger partial charge is 0.508 e. The predicted molar refractivity (Wildman–Crippen MR) is 248 cm³/mol. The van der Waals surface area contributed by atoms with Crippen molar-refractivity contribution >= 4 is 69.2 Å². The highest BCUT2D eigenvalue weighted by atomic mass is 16.6. The second-order valence-electron chi connectivity index (χ2n) is 19.3. The normalized spacial score (nSPS) is 28.1. The van der Waals surface area contributed by atoms with Gasteiger partial charge in [-0.3, -0.25) is 48.7 Å². The molecule has 2 aromatic rings. The van der Waals surface area contributed by atoms with E-state index < -0.39 is 138 Å². The molecule has 0 aliphatic heterocycles. The monoisotopic (exact) mass is 974 g/mol. The van der Waals surface area contributed by atoms with E-state index in [9.17, 15) is 79.7 Å². The number of primary amides is 2. The van der Waals surface area contributed by atoms with Gasteiger partial charge in [-0.15, -0.1) is 0 Å². The zero-order valence-corrected chi connectivity index (χ0v) is 39.3. The number of phenolic OH excluding ortho intramolecular Hbond substituents is 2. The number of nitrogen functional groups attached to an aromatic ring is 1. The molecule has 24 heteroatoms. The Bertz CT molecular complexity index is 2920. The molecule has 8 rings (SSSR count). The Morgan fingerprint density at radius 1 is 0.643 bits per heavy atom. The van der Waals surface area contributed by atoms with E-state index in [2.05, 4.69) is 0 Å². The third-order valence-electron chi connectivity index (χ3n) is 14.6. The molecule has 2 amide bonds. The highest BCUT2D eigenvalue weighted by Crippen LogP contribution is 2.57. The molecule has 374 valence electrons. The van der Waals surface area contributed by atoms with Crippen LogP contribution in [-0.2, 0) is 41.6 Å². The van der Waals surface area contributed by atoms with E-state index in [0.29, 0.717) is 22.5 Å². The van der Waals surface area contributed by atoms with E-state index >= 15 is 0 Å². The Balaban J connectivity index is 0.000000207. The number of ketones is 4. The second kappa shape index (κ2) is 16.9. The van der Waals surface area contributed by atoms with Crippen molar-refractivity contribution in [2.75, 3.05) is 71.9 Å². The number of aliphatic hydroxyl groups is 6. The molecule has 0 heterocycles. The number of phenols is 2. The third-order valence-corrected chi connectivity index (χ3v) is 14.6. The van der Waals surface area contributed by atoms with Crippen LogP contribution >= 0.6 is 0 Å². The van der Waals surface area contributed by atoms with E-state index in [4.69, 9.17) is 17.2 Å². The van der Waals surface area contributed by atoms with E-state index in [1.807, 2.05) is 0 Å². The molecule has 0 bridgehead atoms. The van der Waals surface area contributed by atoms with Crippen molar-refractivity contribution in [3.63, 3.8) is 0 Å². The van der Waals surface area contributed by atoms with Crippen molar-refractivity contribution in [3.8, 4) is 11.5 Å². The highest BCUT2D eigenvalue weighted by molar-refractivity contribution is 6.25. The quantitative estimate of drug-likeness (QED) is 0.0550. The number of nitrogens with zero attached hydrogens (tertiary/aromatic N) is 5. The summed E-state index contributed by atoms with van der Waals surface area (Å²) >= 11 is 0. The Labute approximate surface area is 398 Å². The van der Waals surface area contributed by atoms with Gasteiger partial charge in [-0.2, -0.15) is 0 Å². The molecule has 0 spiro atoms. The van der Waals surface area contributed by atoms with Gasteiger partial charge in [-0.25, -0.2) is 0 Å². The van der Waals surface area contributed by atoms with Crippen LogP contribution in [0.2, 0.25) is 0 Å². The lowest BCUT2D eigenvalue weighted by atomic mass is 9.57. The molecular weight excluding hydrogens is 921 g/mol. The minimum Gasteiger partial charge on any atom is -0.508 e. The van der Waals surface area contributed by atoms with Crippen LogP contribution in [0.4, 0.5) is 22.7 Å². The average Bonchev–Trinajstić information content (AvgIpc) is 3.24. The number of nitro groups is 1. The Kier molecular flexibility index (Phi) is 12.1. The number of aromatic hydroxyl groups is 2. The number of Topliss-reactive ketones (excluding diaryl/α,β-unsaturated/α-hetero) is 4. The van der Waals surface area contributed by atoms with E-state index in [1.54, 1.807) is 58.2 Å². The van der Waals surface area contributed by atoms with Gasteiger partial charge in [0.25, 0.3) is 11.8 Å². The maximum Gasteiger partial charge on any atom is 0.313 e. The van der Waals surface area contributed by atoms with Crippen molar-refractivity contribution in [3.05, 3.63) is 78.3 Å². The number of amides is 2. The molecular formula is C46H54N8O16. The molecule has 2 fully saturated rings. The standard InChI is InChI=1S/C23H26N4O9.C23H28N4O7/c1-25(2)11-7-12(27(35)36)17(28)14-9(11)5-8-6-10-16(26(3)4)19(30)15(22(24)33)21(32)23(10,34)20(31)13(8)18(14)29;1-26(2)12-7-11(24)17(28)14-9(12)5-8-6-10-16(27(3)4)19(30)15(22(25)33)21(32)23(10,34)20(31)13(8)18(14)29/h7-8,10,16,28-29,32,34H,5-6H2,1-4H3,(H2,24,33);7-8,10,16,28-29,32,34H,5-6,24H2,1-4H3,(H2,25,33)/t2*8?,10?,16-,23-/m00/s1. The first kappa shape index (κ1) is 50.3. The summed E-state index contributed by atoms with van der Waals surface area (Å²) < 4.78 is 0. The third kappa shape index (κ3) is 6.86.